The maximum Gasteiger partial charge on any atom is 0.127 e. The van der Waals surface area contributed by atoms with Gasteiger partial charge in [0.15, 0.2) is 0 Å². The van der Waals surface area contributed by atoms with Gasteiger partial charge in [0, 0.05) is 18.0 Å². The van der Waals surface area contributed by atoms with Gasteiger partial charge in [-0.1, -0.05) is 0 Å². The summed E-state index contributed by atoms with van der Waals surface area (Å²) in [6, 6.07) is 4.43. The second-order valence-electron chi connectivity index (χ2n) is 7.03. The number of rotatable bonds is 3. The fourth-order valence-electron chi connectivity index (χ4n) is 3.48. The molecule has 0 bridgehead atoms. The van der Waals surface area contributed by atoms with Crippen molar-refractivity contribution in [2.45, 2.75) is 32.8 Å². The summed E-state index contributed by atoms with van der Waals surface area (Å²) in [4.78, 5) is 2.21. The van der Waals surface area contributed by atoms with E-state index >= 15 is 0 Å². The Hall–Kier alpha value is -2.05. The number of phenols is 1. The molecule has 3 rings (SSSR count). The molecule has 1 unspecified atom stereocenters. The van der Waals surface area contributed by atoms with Crippen molar-refractivity contribution < 1.29 is 14.6 Å². The van der Waals surface area contributed by atoms with Crippen molar-refractivity contribution in [1.82, 2.24) is 15.1 Å². The van der Waals surface area contributed by atoms with E-state index in [-0.39, 0.29) is 11.7 Å². The van der Waals surface area contributed by atoms with Gasteiger partial charge in [0.05, 0.1) is 11.4 Å². The molecular weight excluding hydrogens is 321 g/mol. The molecule has 2 heterocycles. The van der Waals surface area contributed by atoms with E-state index in [1.807, 2.05) is 14.0 Å². The Morgan fingerprint density at radius 1 is 1.20 bits per heavy atom. The molecule has 0 aliphatic carbocycles. The maximum absolute atomic E-state index is 13.9. The molecule has 1 aliphatic heterocycles. The molecule has 134 valence electrons. The van der Waals surface area contributed by atoms with Crippen molar-refractivity contribution in [3.63, 3.8) is 0 Å². The smallest absolute Gasteiger partial charge is 0.127 e. The number of aliphatic hydroxyl groups excluding tert-OH is 1. The van der Waals surface area contributed by atoms with Crippen LogP contribution in [0.25, 0.3) is 11.3 Å². The normalized spacial score (nSPS) is 19.8. The molecular formula is C19H24FN3O2. The number of hydrogen-bond acceptors (Lipinski definition) is 5. The summed E-state index contributed by atoms with van der Waals surface area (Å²) in [5, 5.41) is 29.1. The SMILES string of the molecule is Cc1cc(O)c(-c2nnc(C(O)[C@@H]3CCCN(C)C3)cc2C)cc1F. The molecule has 6 heteroatoms. The van der Waals surface area contributed by atoms with Crippen LogP contribution in [0.2, 0.25) is 0 Å². The van der Waals surface area contributed by atoms with Crippen LogP contribution in [0.5, 0.6) is 5.75 Å². The molecule has 1 aromatic heterocycles. The Morgan fingerprint density at radius 3 is 2.64 bits per heavy atom. The number of halogens is 1. The molecule has 2 atom stereocenters. The molecule has 1 aliphatic rings. The molecule has 1 saturated heterocycles. The molecule has 2 N–H and O–H groups in total. The zero-order chi connectivity index (χ0) is 18.1. The first-order chi connectivity index (χ1) is 11.9. The Balaban J connectivity index is 1.90. The third kappa shape index (κ3) is 3.65. The average molecular weight is 345 g/mol. The van der Waals surface area contributed by atoms with Crippen molar-refractivity contribution in [1.29, 1.82) is 0 Å². The third-order valence-corrected chi connectivity index (χ3v) is 4.95. The zero-order valence-electron chi connectivity index (χ0n) is 14.8. The van der Waals surface area contributed by atoms with Gasteiger partial charge in [-0.25, -0.2) is 4.39 Å². The zero-order valence-corrected chi connectivity index (χ0v) is 14.8. The van der Waals surface area contributed by atoms with Gasteiger partial charge in [0.2, 0.25) is 0 Å². The Labute approximate surface area is 147 Å². The number of hydrogen-bond donors (Lipinski definition) is 2. The van der Waals surface area contributed by atoms with Crippen LogP contribution in [0, 0.1) is 25.6 Å². The molecule has 1 aromatic carbocycles. The summed E-state index contributed by atoms with van der Waals surface area (Å²) < 4.78 is 13.9. The van der Waals surface area contributed by atoms with Crippen molar-refractivity contribution >= 4 is 0 Å². The number of aliphatic hydroxyl groups is 1. The van der Waals surface area contributed by atoms with Gasteiger partial charge in [-0.05, 0) is 69.6 Å². The van der Waals surface area contributed by atoms with Crippen LogP contribution < -0.4 is 0 Å². The predicted octanol–water partition coefficient (Wildman–Crippen LogP) is 2.98. The van der Waals surface area contributed by atoms with E-state index in [0.29, 0.717) is 22.5 Å². The molecule has 2 aromatic rings. The lowest BCUT2D eigenvalue weighted by Crippen LogP contribution is -2.35. The monoisotopic (exact) mass is 345 g/mol. The molecule has 5 nitrogen and oxygen atoms in total. The number of likely N-dealkylation sites (tertiary alicyclic amines) is 1. The number of phenolic OH excluding ortho intramolecular Hbond substituents is 1. The van der Waals surface area contributed by atoms with Crippen molar-refractivity contribution in [2.75, 3.05) is 20.1 Å². The molecule has 0 radical (unpaired) electrons. The number of aryl methyl sites for hydroxylation is 2. The number of nitrogens with zero attached hydrogens (tertiary/aromatic N) is 3. The highest BCUT2D eigenvalue weighted by Crippen LogP contribution is 2.34. The van der Waals surface area contributed by atoms with Gasteiger partial charge >= 0.3 is 0 Å². The first kappa shape index (κ1) is 17.8. The fourth-order valence-corrected chi connectivity index (χ4v) is 3.48. The van der Waals surface area contributed by atoms with Crippen LogP contribution in [0.3, 0.4) is 0 Å². The van der Waals surface area contributed by atoms with Crippen LogP contribution in [-0.4, -0.2) is 45.4 Å². The number of aromatic nitrogens is 2. The summed E-state index contributed by atoms with van der Waals surface area (Å²) in [6.45, 7) is 5.29. The van der Waals surface area contributed by atoms with Gasteiger partial charge in [0.25, 0.3) is 0 Å². The molecule has 0 spiro atoms. The summed E-state index contributed by atoms with van der Waals surface area (Å²) >= 11 is 0. The number of benzene rings is 1. The minimum absolute atomic E-state index is 0.0292. The van der Waals surface area contributed by atoms with E-state index in [4.69, 9.17) is 0 Å². The first-order valence-corrected chi connectivity index (χ1v) is 8.57. The lowest BCUT2D eigenvalue weighted by Gasteiger charge is -2.32. The Morgan fingerprint density at radius 2 is 1.96 bits per heavy atom. The lowest BCUT2D eigenvalue weighted by molar-refractivity contribution is 0.0556. The van der Waals surface area contributed by atoms with E-state index in [2.05, 4.69) is 15.1 Å². The minimum Gasteiger partial charge on any atom is -0.507 e. The largest absolute Gasteiger partial charge is 0.507 e. The fraction of sp³-hybridized carbons (Fsp3) is 0.474. The molecule has 1 fully saturated rings. The number of aromatic hydroxyl groups is 1. The standard InChI is InChI=1S/C19H24FN3O2/c1-11-8-17(24)14(9-15(11)20)18-12(2)7-16(21-22-18)19(25)13-5-4-6-23(3)10-13/h7-9,13,19,24-25H,4-6,10H2,1-3H3/t13-,19?/m1/s1. The minimum atomic E-state index is -0.675. The molecule has 0 amide bonds. The topological polar surface area (TPSA) is 69.5 Å². The van der Waals surface area contributed by atoms with E-state index in [1.165, 1.54) is 12.1 Å². The van der Waals surface area contributed by atoms with Gasteiger partial charge < -0.3 is 15.1 Å². The van der Waals surface area contributed by atoms with Crippen molar-refractivity contribution in [3.05, 3.63) is 40.8 Å². The highest BCUT2D eigenvalue weighted by atomic mass is 19.1. The van der Waals surface area contributed by atoms with Crippen molar-refractivity contribution in [3.8, 4) is 17.0 Å². The van der Waals surface area contributed by atoms with Crippen LogP contribution in [-0.2, 0) is 0 Å². The third-order valence-electron chi connectivity index (χ3n) is 4.95. The number of piperidine rings is 1. The van der Waals surface area contributed by atoms with Crippen molar-refractivity contribution in [2.24, 2.45) is 5.92 Å². The quantitative estimate of drug-likeness (QED) is 0.895. The van der Waals surface area contributed by atoms with E-state index in [1.54, 1.807) is 13.0 Å². The van der Waals surface area contributed by atoms with E-state index in [0.717, 1.165) is 31.5 Å². The maximum atomic E-state index is 13.9. The highest BCUT2D eigenvalue weighted by molar-refractivity contribution is 5.69. The summed E-state index contributed by atoms with van der Waals surface area (Å²) in [6.07, 6.45) is 1.34. The first-order valence-electron chi connectivity index (χ1n) is 8.57. The van der Waals surface area contributed by atoms with Crippen LogP contribution in [0.4, 0.5) is 4.39 Å². The Kier molecular flexibility index (Phi) is 5.01. The van der Waals surface area contributed by atoms with Gasteiger partial charge in [-0.3, -0.25) is 0 Å². The Bertz CT molecular complexity index is 782. The van der Waals surface area contributed by atoms with Gasteiger partial charge in [-0.2, -0.15) is 5.10 Å². The van der Waals surface area contributed by atoms with Gasteiger partial charge in [-0.15, -0.1) is 5.10 Å². The van der Waals surface area contributed by atoms with E-state index < -0.39 is 11.9 Å². The second kappa shape index (κ2) is 7.06. The summed E-state index contributed by atoms with van der Waals surface area (Å²) in [7, 11) is 2.05. The predicted molar refractivity (Wildman–Crippen MR) is 93.7 cm³/mol. The molecule has 25 heavy (non-hydrogen) atoms. The second-order valence-corrected chi connectivity index (χ2v) is 7.03. The molecule has 0 saturated carbocycles. The van der Waals surface area contributed by atoms with Crippen LogP contribution in [0.15, 0.2) is 18.2 Å². The van der Waals surface area contributed by atoms with Crippen LogP contribution >= 0.6 is 0 Å². The summed E-state index contributed by atoms with van der Waals surface area (Å²) in [5.74, 6) is -0.301. The van der Waals surface area contributed by atoms with E-state index in [9.17, 15) is 14.6 Å². The lowest BCUT2D eigenvalue weighted by atomic mass is 9.90. The van der Waals surface area contributed by atoms with Crippen LogP contribution in [0.1, 0.15) is 35.8 Å². The average Bonchev–Trinajstić information content (AvgIpc) is 2.58. The summed E-state index contributed by atoms with van der Waals surface area (Å²) in [5.41, 5.74) is 2.38. The van der Waals surface area contributed by atoms with Gasteiger partial charge in [0.1, 0.15) is 17.7 Å². The highest BCUT2D eigenvalue weighted by Gasteiger charge is 2.27.